The van der Waals surface area contributed by atoms with Crippen LogP contribution in [0.1, 0.15) is 40.6 Å². The molecule has 1 amide bonds. The van der Waals surface area contributed by atoms with Crippen molar-refractivity contribution in [2.24, 2.45) is 0 Å². The zero-order valence-corrected chi connectivity index (χ0v) is 14.9. The summed E-state index contributed by atoms with van der Waals surface area (Å²) in [6.45, 7) is 3.12. The van der Waals surface area contributed by atoms with Crippen molar-refractivity contribution in [1.29, 1.82) is 0 Å². The fourth-order valence-corrected chi connectivity index (χ4v) is 3.36. The first-order valence-corrected chi connectivity index (χ1v) is 8.91. The maximum absolute atomic E-state index is 13.1. The van der Waals surface area contributed by atoms with Gasteiger partial charge in [0.1, 0.15) is 5.82 Å². The number of aromatic nitrogens is 3. The lowest BCUT2D eigenvalue weighted by Gasteiger charge is -2.31. The molecular formula is C20H19FN4O2. The molecule has 0 radical (unpaired) electrons. The van der Waals surface area contributed by atoms with Crippen LogP contribution < -0.4 is 0 Å². The van der Waals surface area contributed by atoms with E-state index in [4.69, 9.17) is 4.52 Å². The van der Waals surface area contributed by atoms with Gasteiger partial charge in [-0.2, -0.15) is 4.98 Å². The van der Waals surface area contributed by atoms with Gasteiger partial charge in [-0.3, -0.25) is 9.78 Å². The Morgan fingerprint density at radius 2 is 2.07 bits per heavy atom. The monoisotopic (exact) mass is 366 g/mol. The average molecular weight is 366 g/mol. The highest BCUT2D eigenvalue weighted by molar-refractivity contribution is 5.95. The molecule has 1 aromatic carbocycles. The zero-order chi connectivity index (χ0) is 18.8. The third-order valence-electron chi connectivity index (χ3n) is 4.85. The van der Waals surface area contributed by atoms with Crippen molar-refractivity contribution in [3.63, 3.8) is 0 Å². The van der Waals surface area contributed by atoms with Gasteiger partial charge >= 0.3 is 0 Å². The predicted molar refractivity (Wildman–Crippen MR) is 96.5 cm³/mol. The number of rotatable bonds is 3. The summed E-state index contributed by atoms with van der Waals surface area (Å²) >= 11 is 0. The van der Waals surface area contributed by atoms with E-state index in [1.54, 1.807) is 30.6 Å². The van der Waals surface area contributed by atoms with Crippen LogP contribution in [0.2, 0.25) is 0 Å². The number of hydrogen-bond acceptors (Lipinski definition) is 5. The summed E-state index contributed by atoms with van der Waals surface area (Å²) in [4.78, 5) is 23.2. The topological polar surface area (TPSA) is 72.1 Å². The highest BCUT2D eigenvalue weighted by Gasteiger charge is 2.29. The molecule has 0 N–H and O–H groups in total. The molecule has 1 atom stereocenters. The van der Waals surface area contributed by atoms with E-state index in [-0.39, 0.29) is 17.6 Å². The third-order valence-corrected chi connectivity index (χ3v) is 4.85. The number of halogens is 1. The number of hydrogen-bond donors (Lipinski definition) is 0. The second-order valence-corrected chi connectivity index (χ2v) is 6.74. The van der Waals surface area contributed by atoms with Gasteiger partial charge in [-0.25, -0.2) is 4.39 Å². The van der Waals surface area contributed by atoms with Crippen molar-refractivity contribution >= 4 is 5.91 Å². The van der Waals surface area contributed by atoms with Crippen LogP contribution in [0.4, 0.5) is 4.39 Å². The quantitative estimate of drug-likeness (QED) is 0.708. The van der Waals surface area contributed by atoms with E-state index < -0.39 is 0 Å². The van der Waals surface area contributed by atoms with Gasteiger partial charge in [-0.15, -0.1) is 0 Å². The van der Waals surface area contributed by atoms with Crippen molar-refractivity contribution in [2.45, 2.75) is 25.7 Å². The van der Waals surface area contributed by atoms with Crippen LogP contribution in [-0.4, -0.2) is 39.0 Å². The maximum atomic E-state index is 13.1. The molecule has 4 rings (SSSR count). The Kier molecular flexibility index (Phi) is 4.66. The number of benzene rings is 1. The fourth-order valence-electron chi connectivity index (χ4n) is 3.36. The highest BCUT2D eigenvalue weighted by atomic mass is 19.1. The largest absolute Gasteiger partial charge is 0.339 e. The fraction of sp³-hybridized carbons (Fsp3) is 0.300. The van der Waals surface area contributed by atoms with E-state index in [2.05, 4.69) is 15.1 Å². The Balaban J connectivity index is 1.51. The molecule has 1 unspecified atom stereocenters. The smallest absolute Gasteiger partial charge is 0.254 e. The molecule has 27 heavy (non-hydrogen) atoms. The van der Waals surface area contributed by atoms with Crippen molar-refractivity contribution in [3.8, 4) is 11.4 Å². The summed E-state index contributed by atoms with van der Waals surface area (Å²) in [5.74, 6) is 0.622. The number of likely N-dealkylation sites (tertiary alicyclic amines) is 1. The van der Waals surface area contributed by atoms with Crippen LogP contribution in [0.25, 0.3) is 11.4 Å². The summed E-state index contributed by atoms with van der Waals surface area (Å²) in [6, 6.07) is 7.72. The molecule has 1 fully saturated rings. The third kappa shape index (κ3) is 3.58. The first kappa shape index (κ1) is 17.3. The van der Waals surface area contributed by atoms with Crippen LogP contribution in [-0.2, 0) is 0 Å². The number of amides is 1. The van der Waals surface area contributed by atoms with E-state index in [1.807, 2.05) is 11.8 Å². The summed E-state index contributed by atoms with van der Waals surface area (Å²) in [6.07, 6.45) is 5.08. The molecule has 3 heterocycles. The van der Waals surface area contributed by atoms with Crippen molar-refractivity contribution in [2.75, 3.05) is 13.1 Å². The van der Waals surface area contributed by atoms with Crippen LogP contribution in [0.15, 0.2) is 47.2 Å². The van der Waals surface area contributed by atoms with Gasteiger partial charge in [0, 0.05) is 36.6 Å². The molecule has 0 saturated carbocycles. The van der Waals surface area contributed by atoms with Crippen molar-refractivity contribution in [3.05, 3.63) is 65.6 Å². The molecule has 0 spiro atoms. The summed E-state index contributed by atoms with van der Waals surface area (Å²) in [5, 5.41) is 4.01. The van der Waals surface area contributed by atoms with Gasteiger partial charge < -0.3 is 9.42 Å². The molecule has 0 bridgehead atoms. The van der Waals surface area contributed by atoms with Crippen LogP contribution in [0.3, 0.4) is 0 Å². The highest BCUT2D eigenvalue weighted by Crippen LogP contribution is 2.28. The SMILES string of the molecule is Cc1cnccc1C(=O)N1CCCC(c2nc(-c3ccc(F)cc3)no2)C1. The molecular weight excluding hydrogens is 347 g/mol. The minimum Gasteiger partial charge on any atom is -0.339 e. The number of carbonyl (C=O) groups excluding carboxylic acids is 1. The Labute approximate surface area is 156 Å². The van der Waals surface area contributed by atoms with Gasteiger partial charge in [-0.1, -0.05) is 5.16 Å². The lowest BCUT2D eigenvalue weighted by atomic mass is 9.97. The van der Waals surface area contributed by atoms with E-state index in [1.165, 1.54) is 12.1 Å². The molecule has 1 aliphatic heterocycles. The lowest BCUT2D eigenvalue weighted by molar-refractivity contribution is 0.0695. The van der Waals surface area contributed by atoms with Crippen molar-refractivity contribution < 1.29 is 13.7 Å². The van der Waals surface area contributed by atoms with E-state index in [0.717, 1.165) is 18.4 Å². The number of carbonyl (C=O) groups is 1. The number of aryl methyl sites for hydroxylation is 1. The second kappa shape index (κ2) is 7.26. The Morgan fingerprint density at radius 1 is 1.26 bits per heavy atom. The Hall–Kier alpha value is -3.09. The van der Waals surface area contributed by atoms with E-state index in [0.29, 0.717) is 35.9 Å². The summed E-state index contributed by atoms with van der Waals surface area (Å²) in [7, 11) is 0. The van der Waals surface area contributed by atoms with Crippen LogP contribution in [0.5, 0.6) is 0 Å². The second-order valence-electron chi connectivity index (χ2n) is 6.74. The maximum Gasteiger partial charge on any atom is 0.254 e. The Bertz CT molecular complexity index is 955. The molecule has 0 aliphatic carbocycles. The summed E-state index contributed by atoms with van der Waals surface area (Å²) < 4.78 is 18.5. The summed E-state index contributed by atoms with van der Waals surface area (Å²) in [5.41, 5.74) is 2.23. The van der Waals surface area contributed by atoms with Gasteiger partial charge in [0.25, 0.3) is 5.91 Å². The lowest BCUT2D eigenvalue weighted by Crippen LogP contribution is -2.39. The minimum atomic E-state index is -0.310. The van der Waals surface area contributed by atoms with Crippen LogP contribution in [0, 0.1) is 12.7 Å². The molecule has 6 nitrogen and oxygen atoms in total. The first-order valence-electron chi connectivity index (χ1n) is 8.91. The van der Waals surface area contributed by atoms with E-state index in [9.17, 15) is 9.18 Å². The Morgan fingerprint density at radius 3 is 2.85 bits per heavy atom. The van der Waals surface area contributed by atoms with Gasteiger partial charge in [-0.05, 0) is 55.7 Å². The molecule has 3 aromatic rings. The van der Waals surface area contributed by atoms with E-state index >= 15 is 0 Å². The van der Waals surface area contributed by atoms with Gasteiger partial charge in [0.2, 0.25) is 11.7 Å². The number of nitrogens with zero attached hydrogens (tertiary/aromatic N) is 4. The number of piperidine rings is 1. The van der Waals surface area contributed by atoms with Gasteiger partial charge in [0.15, 0.2) is 0 Å². The minimum absolute atomic E-state index is 0.00197. The zero-order valence-electron chi connectivity index (χ0n) is 14.9. The standard InChI is InChI=1S/C20H19FN4O2/c1-13-11-22-9-8-17(13)20(26)25-10-2-3-15(12-25)19-23-18(24-27-19)14-4-6-16(21)7-5-14/h4-9,11,15H,2-3,10,12H2,1H3. The van der Waals surface area contributed by atoms with Crippen molar-refractivity contribution in [1.82, 2.24) is 20.0 Å². The predicted octanol–water partition coefficient (Wildman–Crippen LogP) is 3.60. The number of pyridine rings is 1. The molecule has 7 heteroatoms. The van der Waals surface area contributed by atoms with Crippen LogP contribution >= 0.6 is 0 Å². The molecule has 138 valence electrons. The first-order chi connectivity index (χ1) is 13.1. The normalized spacial score (nSPS) is 17.1. The molecule has 1 saturated heterocycles. The molecule has 2 aromatic heterocycles. The molecule has 1 aliphatic rings. The van der Waals surface area contributed by atoms with Gasteiger partial charge in [0.05, 0.1) is 5.92 Å². The average Bonchev–Trinajstić information content (AvgIpc) is 3.19.